The zero-order valence-electron chi connectivity index (χ0n) is 87.9. The minimum atomic E-state index is -0.771. The van der Waals surface area contributed by atoms with Crippen LogP contribution in [0.25, 0.3) is 109 Å². The Morgan fingerprint density at radius 2 is 0.529 bits per heavy atom. The van der Waals surface area contributed by atoms with Crippen molar-refractivity contribution in [3.05, 3.63) is 142 Å². The molecular formula is C126H176O12. The summed E-state index contributed by atoms with van der Waals surface area (Å²) >= 11 is 0. The Bertz CT molecular complexity index is 5800. The largest absolute Gasteiger partial charge is 0.493 e. The highest BCUT2D eigenvalue weighted by atomic mass is 16.5. The topological polar surface area (TPSA) is 111 Å². The molecule has 0 heterocycles. The van der Waals surface area contributed by atoms with Crippen LogP contribution in [-0.2, 0) is 18.9 Å². The van der Waals surface area contributed by atoms with E-state index in [4.69, 9.17) is 56.8 Å². The van der Waals surface area contributed by atoms with Gasteiger partial charge >= 0.3 is 0 Å². The molecule has 10 aromatic rings. The summed E-state index contributed by atoms with van der Waals surface area (Å²) in [6, 6.07) is 33.2. The molecule has 3 aliphatic rings. The molecule has 1 unspecified atom stereocenters. The molecule has 3 aliphatic carbocycles. The highest BCUT2D eigenvalue weighted by Crippen LogP contribution is 2.59. The Morgan fingerprint density at radius 3 is 0.899 bits per heavy atom. The van der Waals surface area contributed by atoms with Crippen LogP contribution in [0, 0.1) is 5.41 Å². The number of ether oxygens (including phenoxy) is 12. The van der Waals surface area contributed by atoms with E-state index in [0.717, 1.165) is 489 Å². The minimum absolute atomic E-state index is 0.484. The standard InChI is InChI=1S/C126H176O12/c1-13-25-37-49-71-127-107-65-61-63-93-97-88-111(131-75-53-41-29-17-5)113(133-77-55-43-31-19-7)90-99(97)103-86-102-96-85-95-92(84-106-122(135-79-57-45-33-21-9)109(129-73-51-39-27-15-3)67-69-126(106)70-68-110(130-74-52-40-28-16-4)123(121(95)126)136-80-58-46-34-22-10)83-101(96)115-105(116(102)125(119(103)117(93)107)138-82-60-48-36-24-12)87-104-100-91-114(134-78-56-44-32-20-8)112(132-76-54-42-30-18-6)89-98(100)94-64-62-66-108(128-72-50-38-26-14-2)118(94)120(104)124(115)137-81-59-47-35-23-11/h61-68,70,83-91H,13-60,69,71-82H2,1-12H3. The maximum absolute atomic E-state index is 8.29. The van der Waals surface area contributed by atoms with Gasteiger partial charge < -0.3 is 56.8 Å². The molecule has 0 radical (unpaired) electrons. The molecule has 12 nitrogen and oxygen atoms in total. The molecule has 12 heteroatoms. The summed E-state index contributed by atoms with van der Waals surface area (Å²) in [5.41, 5.74) is 1.42. The highest BCUT2D eigenvalue weighted by molar-refractivity contribution is 6.41. The number of benzene rings is 10. The predicted molar refractivity (Wildman–Crippen MR) is 587 cm³/mol. The van der Waals surface area contributed by atoms with Gasteiger partial charge in [-0.15, -0.1) is 0 Å². The summed E-state index contributed by atoms with van der Waals surface area (Å²) in [4.78, 5) is 0. The molecule has 0 fully saturated rings. The SMILES string of the molecule is CCCCCCOC1=CCC23C=CC(OCCCCCC)=C(OCCCCCC)C2=c2cc4c5cc6c7cc(OCCCCCC)c(OCCCCCC)cc7c7cccc(OCCCCCC)c7c6c(OCCCCCC)c5c5cc6c7cc(OCCCCCC)c(OCCCCCC)cc7c7cccc(OCCCCCC)c7c6c(OCCCCCC)c5c4cc2=CC3=C1OCCCCCC. The van der Waals surface area contributed by atoms with Crippen molar-refractivity contribution in [2.75, 3.05) is 79.3 Å². The average molecular weight is 1880 g/mol. The zero-order chi connectivity index (χ0) is 96.5. The van der Waals surface area contributed by atoms with Crippen molar-refractivity contribution >= 4 is 109 Å². The summed E-state index contributed by atoms with van der Waals surface area (Å²) in [6.45, 7) is 34.2. The maximum atomic E-state index is 8.29. The first-order valence-corrected chi connectivity index (χ1v) is 56.5. The van der Waals surface area contributed by atoms with Gasteiger partial charge in [-0.25, -0.2) is 0 Å². The van der Waals surface area contributed by atoms with Crippen molar-refractivity contribution in [2.24, 2.45) is 5.41 Å². The van der Waals surface area contributed by atoms with Crippen LogP contribution >= 0.6 is 0 Å². The lowest BCUT2D eigenvalue weighted by molar-refractivity contribution is 0.135. The van der Waals surface area contributed by atoms with Crippen LogP contribution in [-0.4, -0.2) is 79.3 Å². The van der Waals surface area contributed by atoms with E-state index in [-0.39, 0.29) is 0 Å². The molecule has 1 spiro atoms. The van der Waals surface area contributed by atoms with Gasteiger partial charge in [-0.2, -0.15) is 0 Å². The molecule has 1 atom stereocenters. The third-order valence-electron chi connectivity index (χ3n) is 29.0. The Morgan fingerprint density at radius 1 is 0.232 bits per heavy atom. The van der Waals surface area contributed by atoms with Crippen LogP contribution in [0.3, 0.4) is 0 Å². The summed E-state index contributed by atoms with van der Waals surface area (Å²) in [5, 5.41) is 21.1. The quantitative estimate of drug-likeness (QED) is 0.0206. The molecule has 752 valence electrons. The molecule has 0 N–H and O–H groups in total. The van der Waals surface area contributed by atoms with E-state index in [0.29, 0.717) is 85.7 Å². The molecule has 0 aliphatic heterocycles. The van der Waals surface area contributed by atoms with Gasteiger partial charge in [0.1, 0.15) is 23.0 Å². The second-order valence-electron chi connectivity index (χ2n) is 40.1. The third kappa shape index (κ3) is 26.6. The lowest BCUT2D eigenvalue weighted by Gasteiger charge is -2.43. The summed E-state index contributed by atoms with van der Waals surface area (Å²) < 4.78 is 90.2. The molecule has 0 amide bonds. The van der Waals surface area contributed by atoms with Gasteiger partial charge in [0, 0.05) is 43.5 Å². The molecule has 0 saturated heterocycles. The van der Waals surface area contributed by atoms with Gasteiger partial charge in [-0.3, -0.25) is 0 Å². The van der Waals surface area contributed by atoms with Crippen molar-refractivity contribution in [1.29, 1.82) is 0 Å². The second-order valence-corrected chi connectivity index (χ2v) is 40.1. The average Bonchev–Trinajstić information content (AvgIpc) is 0.676. The van der Waals surface area contributed by atoms with Gasteiger partial charge in [0.05, 0.1) is 84.7 Å². The van der Waals surface area contributed by atoms with Crippen molar-refractivity contribution in [3.8, 4) is 46.0 Å². The third-order valence-corrected chi connectivity index (χ3v) is 29.0. The molecule has 0 saturated carbocycles. The Kier molecular flexibility index (Phi) is 43.9. The number of rotatable bonds is 72. The lowest BCUT2D eigenvalue weighted by atomic mass is 9.63. The van der Waals surface area contributed by atoms with Crippen molar-refractivity contribution in [2.45, 2.75) is 398 Å². The molecule has 13 rings (SSSR count). The number of fused-ring (bicyclic) bond motifs is 19. The molecular weight excluding hydrogens is 1710 g/mol. The van der Waals surface area contributed by atoms with E-state index in [1.54, 1.807) is 0 Å². The first-order valence-electron chi connectivity index (χ1n) is 56.5. The monoisotopic (exact) mass is 1880 g/mol. The second kappa shape index (κ2) is 57.1. The zero-order valence-corrected chi connectivity index (χ0v) is 87.9. The fourth-order valence-corrected chi connectivity index (χ4v) is 21.2. The summed E-state index contributed by atoms with van der Waals surface area (Å²) in [6.07, 6.45) is 61.6. The Labute approximate surface area is 830 Å². The molecule has 10 aromatic carbocycles. The lowest BCUT2D eigenvalue weighted by Crippen LogP contribution is -2.43. The highest BCUT2D eigenvalue weighted by Gasteiger charge is 2.48. The van der Waals surface area contributed by atoms with Crippen LogP contribution in [0.5, 0.6) is 46.0 Å². The van der Waals surface area contributed by atoms with Gasteiger partial charge in [-0.05, 0) is 237 Å². The van der Waals surface area contributed by atoms with Crippen LogP contribution < -0.4 is 48.3 Å². The maximum Gasteiger partial charge on any atom is 0.166 e. The first kappa shape index (κ1) is 106. The normalized spacial score (nSPS) is 14.2. The van der Waals surface area contributed by atoms with Gasteiger partial charge in [0.25, 0.3) is 0 Å². The van der Waals surface area contributed by atoms with E-state index in [2.05, 4.69) is 192 Å². The summed E-state index contributed by atoms with van der Waals surface area (Å²) in [7, 11) is 0. The van der Waals surface area contributed by atoms with Gasteiger partial charge in [-0.1, -0.05) is 345 Å². The van der Waals surface area contributed by atoms with Crippen LogP contribution in [0.2, 0.25) is 0 Å². The summed E-state index contributed by atoms with van der Waals surface area (Å²) in [5.74, 6) is 9.66. The number of unbranched alkanes of at least 4 members (excludes halogenated alkanes) is 36. The molecule has 0 bridgehead atoms. The van der Waals surface area contributed by atoms with Crippen molar-refractivity contribution in [1.82, 2.24) is 0 Å². The fraction of sp³-hybridized carbons (Fsp3) is 0.587. The molecule has 0 aromatic heterocycles. The number of allylic oxidation sites excluding steroid dienone is 5. The van der Waals surface area contributed by atoms with E-state index in [9.17, 15) is 0 Å². The smallest absolute Gasteiger partial charge is 0.166 e. The van der Waals surface area contributed by atoms with Crippen LogP contribution in [0.15, 0.2) is 132 Å². The predicted octanol–water partition coefficient (Wildman–Crippen LogP) is 36.4. The number of hydrogen-bond acceptors (Lipinski definition) is 12. The first-order chi connectivity index (χ1) is 68.1. The Hall–Kier alpha value is -9.16. The van der Waals surface area contributed by atoms with Gasteiger partial charge in [0.15, 0.2) is 46.0 Å². The fourth-order valence-electron chi connectivity index (χ4n) is 21.2. The van der Waals surface area contributed by atoms with E-state index in [1.807, 2.05) is 0 Å². The van der Waals surface area contributed by atoms with Crippen molar-refractivity contribution in [3.63, 3.8) is 0 Å². The van der Waals surface area contributed by atoms with E-state index < -0.39 is 5.41 Å². The van der Waals surface area contributed by atoms with Crippen LogP contribution in [0.1, 0.15) is 398 Å². The minimum Gasteiger partial charge on any atom is -0.493 e. The number of hydrogen-bond donors (Lipinski definition) is 0. The van der Waals surface area contributed by atoms with Gasteiger partial charge in [0.2, 0.25) is 0 Å². The molecule has 138 heavy (non-hydrogen) atoms. The van der Waals surface area contributed by atoms with Crippen molar-refractivity contribution < 1.29 is 56.8 Å². The van der Waals surface area contributed by atoms with Crippen LogP contribution in [0.4, 0.5) is 0 Å². The van der Waals surface area contributed by atoms with E-state index in [1.165, 1.54) is 6.42 Å². The van der Waals surface area contributed by atoms with E-state index >= 15 is 0 Å². The Balaban J connectivity index is 1.32.